The van der Waals surface area contributed by atoms with Gasteiger partial charge in [0.05, 0.1) is 6.61 Å². The van der Waals surface area contributed by atoms with E-state index in [0.717, 1.165) is 19.6 Å². The molecule has 1 rings (SSSR count). The molecule has 1 N–H and O–H groups in total. The maximum absolute atomic E-state index is 5.18. The molecule has 0 aromatic heterocycles. The van der Waals surface area contributed by atoms with E-state index in [1.807, 2.05) is 0 Å². The van der Waals surface area contributed by atoms with Crippen LogP contribution in [0.1, 0.15) is 44.7 Å². The van der Waals surface area contributed by atoms with Crippen LogP contribution >= 0.6 is 0 Å². The standard InChI is InChI=1S/C18H32N2O/c1-5-20(6-2)12-8-9-16(3)19-14-17-10-7-11-18(13-17)15-21-4/h7,10-11,13,16,19H,5-6,8-9,12,14-15H2,1-4H3. The summed E-state index contributed by atoms with van der Waals surface area (Å²) in [6.07, 6.45) is 2.49. The second kappa shape index (κ2) is 10.8. The molecule has 3 heteroatoms. The molecule has 0 spiro atoms. The van der Waals surface area contributed by atoms with Crippen molar-refractivity contribution in [3.05, 3.63) is 35.4 Å². The Balaban J connectivity index is 2.26. The first-order valence-corrected chi connectivity index (χ1v) is 8.22. The van der Waals surface area contributed by atoms with Crippen LogP contribution in [0.2, 0.25) is 0 Å². The first-order valence-electron chi connectivity index (χ1n) is 8.22. The lowest BCUT2D eigenvalue weighted by molar-refractivity contribution is 0.185. The molecule has 0 saturated heterocycles. The fourth-order valence-electron chi connectivity index (χ4n) is 2.55. The number of methoxy groups -OCH3 is 1. The molecule has 21 heavy (non-hydrogen) atoms. The number of nitrogens with one attached hydrogen (secondary N) is 1. The molecule has 0 aliphatic heterocycles. The number of rotatable bonds is 11. The quantitative estimate of drug-likeness (QED) is 0.676. The minimum Gasteiger partial charge on any atom is -0.380 e. The largest absolute Gasteiger partial charge is 0.380 e. The van der Waals surface area contributed by atoms with Crippen LogP contribution in [0.25, 0.3) is 0 Å². The van der Waals surface area contributed by atoms with Gasteiger partial charge in [0.25, 0.3) is 0 Å². The van der Waals surface area contributed by atoms with E-state index in [1.165, 1.54) is 30.5 Å². The lowest BCUT2D eigenvalue weighted by Crippen LogP contribution is -2.28. The van der Waals surface area contributed by atoms with Gasteiger partial charge in [0, 0.05) is 19.7 Å². The Morgan fingerprint density at radius 1 is 1.19 bits per heavy atom. The average molecular weight is 292 g/mol. The van der Waals surface area contributed by atoms with E-state index in [0.29, 0.717) is 12.6 Å². The van der Waals surface area contributed by atoms with E-state index >= 15 is 0 Å². The lowest BCUT2D eigenvalue weighted by Gasteiger charge is -2.20. The highest BCUT2D eigenvalue weighted by Gasteiger charge is 2.04. The van der Waals surface area contributed by atoms with Crippen molar-refractivity contribution in [3.8, 4) is 0 Å². The number of hydrogen-bond acceptors (Lipinski definition) is 3. The van der Waals surface area contributed by atoms with Crippen molar-refractivity contribution in [3.63, 3.8) is 0 Å². The van der Waals surface area contributed by atoms with Gasteiger partial charge in [-0.2, -0.15) is 0 Å². The molecule has 1 aromatic rings. The highest BCUT2D eigenvalue weighted by Crippen LogP contribution is 2.07. The molecule has 0 aliphatic carbocycles. The molecule has 0 radical (unpaired) electrons. The van der Waals surface area contributed by atoms with Crippen molar-refractivity contribution in [1.82, 2.24) is 10.2 Å². The molecule has 0 amide bonds. The molecule has 3 nitrogen and oxygen atoms in total. The summed E-state index contributed by atoms with van der Waals surface area (Å²) in [5.74, 6) is 0. The fourth-order valence-corrected chi connectivity index (χ4v) is 2.55. The maximum Gasteiger partial charge on any atom is 0.0713 e. The molecule has 1 aromatic carbocycles. The van der Waals surface area contributed by atoms with Crippen molar-refractivity contribution >= 4 is 0 Å². The zero-order valence-corrected chi connectivity index (χ0v) is 14.2. The smallest absolute Gasteiger partial charge is 0.0713 e. The third-order valence-electron chi connectivity index (χ3n) is 3.96. The molecular formula is C18H32N2O. The molecule has 0 aliphatic rings. The normalized spacial score (nSPS) is 12.8. The summed E-state index contributed by atoms with van der Waals surface area (Å²) in [4.78, 5) is 2.49. The lowest BCUT2D eigenvalue weighted by atomic mass is 10.1. The zero-order valence-electron chi connectivity index (χ0n) is 14.2. The van der Waals surface area contributed by atoms with Gasteiger partial charge in [0.2, 0.25) is 0 Å². The summed E-state index contributed by atoms with van der Waals surface area (Å²) in [5, 5.41) is 3.62. The molecule has 1 unspecified atom stereocenters. The highest BCUT2D eigenvalue weighted by atomic mass is 16.5. The predicted octanol–water partition coefficient (Wildman–Crippen LogP) is 3.43. The van der Waals surface area contributed by atoms with E-state index in [-0.39, 0.29) is 0 Å². The zero-order chi connectivity index (χ0) is 15.5. The van der Waals surface area contributed by atoms with E-state index in [9.17, 15) is 0 Å². The summed E-state index contributed by atoms with van der Waals surface area (Å²) in [5.41, 5.74) is 2.58. The molecule has 120 valence electrons. The van der Waals surface area contributed by atoms with Gasteiger partial charge >= 0.3 is 0 Å². The van der Waals surface area contributed by atoms with Crippen LogP contribution in [0, 0.1) is 0 Å². The summed E-state index contributed by atoms with van der Waals surface area (Å²) in [6, 6.07) is 9.18. The first kappa shape index (κ1) is 18.1. The van der Waals surface area contributed by atoms with Crippen LogP contribution in [0.5, 0.6) is 0 Å². The van der Waals surface area contributed by atoms with Gasteiger partial charge in [0.1, 0.15) is 0 Å². The van der Waals surface area contributed by atoms with Gasteiger partial charge in [-0.1, -0.05) is 38.1 Å². The minimum atomic E-state index is 0.562. The topological polar surface area (TPSA) is 24.5 Å². The second-order valence-electron chi connectivity index (χ2n) is 5.70. The van der Waals surface area contributed by atoms with Crippen molar-refractivity contribution in [2.75, 3.05) is 26.7 Å². The average Bonchev–Trinajstić information content (AvgIpc) is 2.50. The van der Waals surface area contributed by atoms with E-state index in [4.69, 9.17) is 4.74 Å². The third kappa shape index (κ3) is 7.60. The van der Waals surface area contributed by atoms with Gasteiger partial charge in [-0.3, -0.25) is 0 Å². The number of ether oxygens (including phenoxy) is 1. The summed E-state index contributed by atoms with van der Waals surface area (Å²) in [7, 11) is 1.74. The highest BCUT2D eigenvalue weighted by molar-refractivity contribution is 5.22. The molecule has 1 atom stereocenters. The monoisotopic (exact) mass is 292 g/mol. The van der Waals surface area contributed by atoms with Crippen LogP contribution in [0.15, 0.2) is 24.3 Å². The van der Waals surface area contributed by atoms with E-state index in [2.05, 4.69) is 55.3 Å². The minimum absolute atomic E-state index is 0.562. The Bertz CT molecular complexity index is 377. The van der Waals surface area contributed by atoms with Gasteiger partial charge in [0.15, 0.2) is 0 Å². The van der Waals surface area contributed by atoms with E-state index in [1.54, 1.807) is 7.11 Å². The predicted molar refractivity (Wildman–Crippen MR) is 90.5 cm³/mol. The molecular weight excluding hydrogens is 260 g/mol. The first-order chi connectivity index (χ1) is 10.2. The van der Waals surface area contributed by atoms with Gasteiger partial charge in [-0.15, -0.1) is 0 Å². The van der Waals surface area contributed by atoms with Crippen LogP contribution in [-0.2, 0) is 17.9 Å². The van der Waals surface area contributed by atoms with Gasteiger partial charge < -0.3 is 15.0 Å². The summed E-state index contributed by atoms with van der Waals surface area (Å²) < 4.78 is 5.18. The number of benzene rings is 1. The van der Waals surface area contributed by atoms with Gasteiger partial charge in [-0.25, -0.2) is 0 Å². The Hall–Kier alpha value is -0.900. The molecule has 0 saturated carbocycles. The van der Waals surface area contributed by atoms with E-state index < -0.39 is 0 Å². The Morgan fingerprint density at radius 2 is 1.90 bits per heavy atom. The Morgan fingerprint density at radius 3 is 2.57 bits per heavy atom. The number of nitrogens with zero attached hydrogens (tertiary/aromatic N) is 1. The van der Waals surface area contributed by atoms with Crippen LogP contribution in [0.4, 0.5) is 0 Å². The van der Waals surface area contributed by atoms with Crippen molar-refractivity contribution in [2.24, 2.45) is 0 Å². The molecule has 0 heterocycles. The van der Waals surface area contributed by atoms with Crippen molar-refractivity contribution in [2.45, 2.75) is 52.8 Å². The van der Waals surface area contributed by atoms with Crippen LogP contribution in [-0.4, -0.2) is 37.7 Å². The summed E-state index contributed by atoms with van der Waals surface area (Å²) >= 11 is 0. The fraction of sp³-hybridized carbons (Fsp3) is 0.667. The second-order valence-corrected chi connectivity index (χ2v) is 5.70. The molecule has 0 fully saturated rings. The van der Waals surface area contributed by atoms with Gasteiger partial charge in [-0.05, 0) is 50.5 Å². The van der Waals surface area contributed by atoms with Crippen LogP contribution in [0.3, 0.4) is 0 Å². The number of hydrogen-bond donors (Lipinski definition) is 1. The Kier molecular flexibility index (Phi) is 9.31. The molecule has 0 bridgehead atoms. The third-order valence-corrected chi connectivity index (χ3v) is 3.96. The van der Waals surface area contributed by atoms with Crippen molar-refractivity contribution < 1.29 is 4.74 Å². The SMILES string of the molecule is CCN(CC)CCCC(C)NCc1cccc(COC)c1. The van der Waals surface area contributed by atoms with Crippen molar-refractivity contribution in [1.29, 1.82) is 0 Å². The maximum atomic E-state index is 5.18. The van der Waals surface area contributed by atoms with Crippen LogP contribution < -0.4 is 5.32 Å². The Labute approximate surface area is 130 Å². The summed E-state index contributed by atoms with van der Waals surface area (Å²) in [6.45, 7) is 11.9.